The number of hydrogen-bond acceptors (Lipinski definition) is 2. The van der Waals surface area contributed by atoms with Gasteiger partial charge in [-0.25, -0.2) is 0 Å². The fourth-order valence-electron chi connectivity index (χ4n) is 1.76. The maximum absolute atomic E-state index is 6.33. The minimum absolute atomic E-state index is 0.219. The summed E-state index contributed by atoms with van der Waals surface area (Å²) < 4.78 is 0. The Morgan fingerprint density at radius 1 is 1.00 bits per heavy atom. The Balaban J connectivity index is 2.26. The summed E-state index contributed by atoms with van der Waals surface area (Å²) in [6, 6.07) is 11.7. The van der Waals surface area contributed by atoms with Gasteiger partial charge < -0.3 is 5.32 Å². The molecule has 1 N–H and O–H groups in total. The SMILES string of the molecule is CNC(C)c1ccc(Sc2cc(Cl)ccc2Cl)cc1Cl. The number of rotatable bonds is 4. The van der Waals surface area contributed by atoms with Gasteiger partial charge in [-0.1, -0.05) is 52.6 Å². The van der Waals surface area contributed by atoms with Gasteiger partial charge in [0.2, 0.25) is 0 Å². The molecule has 0 aliphatic heterocycles. The summed E-state index contributed by atoms with van der Waals surface area (Å²) in [4.78, 5) is 1.95. The molecule has 2 aromatic carbocycles. The molecule has 0 saturated heterocycles. The highest BCUT2D eigenvalue weighted by atomic mass is 35.5. The van der Waals surface area contributed by atoms with Crippen LogP contribution in [0.25, 0.3) is 0 Å². The second kappa shape index (κ2) is 7.06. The Morgan fingerprint density at radius 2 is 1.75 bits per heavy atom. The van der Waals surface area contributed by atoms with Crippen molar-refractivity contribution >= 4 is 46.6 Å². The summed E-state index contributed by atoms with van der Waals surface area (Å²) in [5, 5.41) is 5.28. The van der Waals surface area contributed by atoms with Gasteiger partial charge in [-0.3, -0.25) is 0 Å². The van der Waals surface area contributed by atoms with Gasteiger partial charge in [0.05, 0.1) is 5.02 Å². The molecule has 2 rings (SSSR count). The highest BCUT2D eigenvalue weighted by Crippen LogP contribution is 2.37. The molecule has 0 aromatic heterocycles. The van der Waals surface area contributed by atoms with Crippen molar-refractivity contribution in [3.8, 4) is 0 Å². The summed E-state index contributed by atoms with van der Waals surface area (Å²) in [5.74, 6) is 0. The molecule has 5 heteroatoms. The van der Waals surface area contributed by atoms with E-state index in [0.717, 1.165) is 20.4 Å². The molecule has 20 heavy (non-hydrogen) atoms. The summed E-state index contributed by atoms with van der Waals surface area (Å²) in [6.45, 7) is 2.07. The lowest BCUT2D eigenvalue weighted by Gasteiger charge is -2.13. The van der Waals surface area contributed by atoms with E-state index >= 15 is 0 Å². The van der Waals surface area contributed by atoms with Crippen LogP contribution in [-0.2, 0) is 0 Å². The van der Waals surface area contributed by atoms with E-state index in [4.69, 9.17) is 34.8 Å². The molecule has 106 valence electrons. The first-order valence-electron chi connectivity index (χ1n) is 6.11. The lowest BCUT2D eigenvalue weighted by molar-refractivity contribution is 0.652. The van der Waals surface area contributed by atoms with Crippen molar-refractivity contribution in [1.29, 1.82) is 0 Å². The third-order valence-corrected chi connectivity index (χ3v) is 5.04. The van der Waals surface area contributed by atoms with Gasteiger partial charge in [0.1, 0.15) is 0 Å². The van der Waals surface area contributed by atoms with Crippen LogP contribution in [-0.4, -0.2) is 7.05 Å². The van der Waals surface area contributed by atoms with Crippen LogP contribution < -0.4 is 5.32 Å². The van der Waals surface area contributed by atoms with E-state index in [0.29, 0.717) is 10.0 Å². The van der Waals surface area contributed by atoms with Crippen molar-refractivity contribution in [2.45, 2.75) is 22.8 Å². The minimum Gasteiger partial charge on any atom is -0.313 e. The first kappa shape index (κ1) is 16.0. The molecule has 2 aromatic rings. The molecule has 1 atom stereocenters. The predicted octanol–water partition coefficient (Wildman–Crippen LogP) is 6.08. The van der Waals surface area contributed by atoms with E-state index < -0.39 is 0 Å². The number of halogens is 3. The van der Waals surface area contributed by atoms with Gasteiger partial charge in [-0.05, 0) is 49.9 Å². The molecule has 0 bridgehead atoms. The number of hydrogen-bond donors (Lipinski definition) is 1. The predicted molar refractivity (Wildman–Crippen MR) is 89.5 cm³/mol. The Hall–Kier alpha value is -0.380. The van der Waals surface area contributed by atoms with Crippen LogP contribution in [0.1, 0.15) is 18.5 Å². The Morgan fingerprint density at radius 3 is 2.40 bits per heavy atom. The molecular weight excluding hydrogens is 333 g/mol. The minimum atomic E-state index is 0.219. The standard InChI is InChI=1S/C15H14Cl3NS/c1-9(19-2)12-5-4-11(8-14(12)18)20-15-7-10(16)3-6-13(15)17/h3-9,19H,1-2H3. The van der Waals surface area contributed by atoms with E-state index in [-0.39, 0.29) is 6.04 Å². The lowest BCUT2D eigenvalue weighted by atomic mass is 10.1. The Labute approximate surface area is 138 Å². The summed E-state index contributed by atoms with van der Waals surface area (Å²) in [5.41, 5.74) is 1.08. The third kappa shape index (κ3) is 3.84. The fourth-order valence-corrected chi connectivity index (χ4v) is 3.56. The quantitative estimate of drug-likeness (QED) is 0.720. The van der Waals surface area contributed by atoms with E-state index in [9.17, 15) is 0 Å². The summed E-state index contributed by atoms with van der Waals surface area (Å²) in [6.07, 6.45) is 0. The molecule has 0 saturated carbocycles. The van der Waals surface area contributed by atoms with Crippen molar-refractivity contribution in [3.05, 3.63) is 57.0 Å². The van der Waals surface area contributed by atoms with Crippen LogP contribution in [0.4, 0.5) is 0 Å². The lowest BCUT2D eigenvalue weighted by Crippen LogP contribution is -2.12. The van der Waals surface area contributed by atoms with Gasteiger partial charge in [0.15, 0.2) is 0 Å². The molecule has 0 heterocycles. The van der Waals surface area contributed by atoms with Gasteiger partial charge in [-0.2, -0.15) is 0 Å². The number of nitrogens with one attached hydrogen (secondary N) is 1. The van der Waals surface area contributed by atoms with Crippen molar-refractivity contribution in [2.75, 3.05) is 7.05 Å². The Bertz CT molecular complexity index is 616. The number of benzene rings is 2. The summed E-state index contributed by atoms with van der Waals surface area (Å²) >= 11 is 20.0. The average Bonchev–Trinajstić information content (AvgIpc) is 2.42. The zero-order chi connectivity index (χ0) is 14.7. The molecule has 1 unspecified atom stereocenters. The van der Waals surface area contributed by atoms with Crippen LogP contribution in [0.5, 0.6) is 0 Å². The summed E-state index contributed by atoms with van der Waals surface area (Å²) in [7, 11) is 1.91. The molecular formula is C15H14Cl3NS. The molecule has 0 aliphatic carbocycles. The van der Waals surface area contributed by atoms with Crippen molar-refractivity contribution in [2.24, 2.45) is 0 Å². The molecule has 0 radical (unpaired) electrons. The first-order chi connectivity index (χ1) is 9.51. The Kier molecular flexibility index (Phi) is 5.65. The van der Waals surface area contributed by atoms with E-state index in [1.807, 2.05) is 31.3 Å². The zero-order valence-corrected chi connectivity index (χ0v) is 14.2. The topological polar surface area (TPSA) is 12.0 Å². The first-order valence-corrected chi connectivity index (χ1v) is 8.06. The fraction of sp³-hybridized carbons (Fsp3) is 0.200. The van der Waals surface area contributed by atoms with Gasteiger partial charge >= 0.3 is 0 Å². The van der Waals surface area contributed by atoms with Crippen molar-refractivity contribution in [1.82, 2.24) is 5.32 Å². The molecule has 0 aliphatic rings. The maximum Gasteiger partial charge on any atom is 0.0546 e. The van der Waals surface area contributed by atoms with Crippen molar-refractivity contribution in [3.63, 3.8) is 0 Å². The van der Waals surface area contributed by atoms with Crippen LogP contribution in [0.3, 0.4) is 0 Å². The van der Waals surface area contributed by atoms with E-state index in [1.165, 1.54) is 0 Å². The highest BCUT2D eigenvalue weighted by molar-refractivity contribution is 7.99. The second-order valence-corrected chi connectivity index (χ2v) is 6.74. The van der Waals surface area contributed by atoms with Gasteiger partial charge in [0, 0.05) is 25.9 Å². The third-order valence-electron chi connectivity index (χ3n) is 2.99. The zero-order valence-electron chi connectivity index (χ0n) is 11.1. The van der Waals surface area contributed by atoms with Gasteiger partial charge in [0.25, 0.3) is 0 Å². The second-order valence-electron chi connectivity index (χ2n) is 4.37. The molecule has 1 nitrogen and oxygen atoms in total. The average molecular weight is 347 g/mol. The highest BCUT2D eigenvalue weighted by Gasteiger charge is 2.10. The molecule has 0 spiro atoms. The normalized spacial score (nSPS) is 12.4. The smallest absolute Gasteiger partial charge is 0.0546 e. The van der Waals surface area contributed by atoms with Crippen LogP contribution >= 0.6 is 46.6 Å². The monoisotopic (exact) mass is 345 g/mol. The molecule has 0 amide bonds. The molecule has 0 fully saturated rings. The van der Waals surface area contributed by atoms with Crippen LogP contribution in [0.15, 0.2) is 46.2 Å². The van der Waals surface area contributed by atoms with Crippen molar-refractivity contribution < 1.29 is 0 Å². The van der Waals surface area contributed by atoms with Crippen LogP contribution in [0.2, 0.25) is 15.1 Å². The largest absolute Gasteiger partial charge is 0.313 e. The maximum atomic E-state index is 6.33. The van der Waals surface area contributed by atoms with Crippen LogP contribution in [0, 0.1) is 0 Å². The van der Waals surface area contributed by atoms with E-state index in [2.05, 4.69) is 12.2 Å². The van der Waals surface area contributed by atoms with E-state index in [1.54, 1.807) is 23.9 Å². The van der Waals surface area contributed by atoms with Gasteiger partial charge in [-0.15, -0.1) is 0 Å².